The molecule has 0 radical (unpaired) electrons. The second kappa shape index (κ2) is 11.7. The van der Waals surface area contributed by atoms with Crippen molar-refractivity contribution in [2.24, 2.45) is 52.3 Å². The molecule has 0 saturated heterocycles. The van der Waals surface area contributed by atoms with Gasteiger partial charge in [-0.15, -0.1) is 0 Å². The minimum absolute atomic E-state index is 0.0918. The summed E-state index contributed by atoms with van der Waals surface area (Å²) in [6.45, 7) is 10.6. The largest absolute Gasteiger partial charge is 0.378 e. The molecule has 4 saturated carbocycles. The lowest BCUT2D eigenvalue weighted by Crippen LogP contribution is -2.55. The van der Waals surface area contributed by atoms with Crippen LogP contribution in [0.3, 0.4) is 0 Å². The third-order valence-electron chi connectivity index (χ3n) is 12.8. The number of nitrogens with zero attached hydrogens (tertiary/aromatic N) is 1. The summed E-state index contributed by atoms with van der Waals surface area (Å²) in [5.41, 5.74) is 1.71. The van der Waals surface area contributed by atoms with Crippen LogP contribution in [-0.4, -0.2) is 35.1 Å². The number of nitrogens with one attached hydrogen (secondary N) is 2. The third-order valence-corrected chi connectivity index (χ3v) is 14.1. The van der Waals surface area contributed by atoms with Gasteiger partial charge in [-0.3, -0.25) is 0 Å². The quantitative estimate of drug-likeness (QED) is 0.332. The molecule has 0 aromatic heterocycles. The van der Waals surface area contributed by atoms with Gasteiger partial charge in [0.2, 0.25) is 0 Å². The Kier molecular flexibility index (Phi) is 8.78. The van der Waals surface area contributed by atoms with Crippen molar-refractivity contribution in [3.05, 3.63) is 24.3 Å². The Balaban J connectivity index is 1.18. The molecule has 0 aliphatic heterocycles. The molecule has 41 heavy (non-hydrogen) atoms. The first-order valence-corrected chi connectivity index (χ1v) is 18.0. The van der Waals surface area contributed by atoms with Gasteiger partial charge in [0.05, 0.1) is 4.90 Å². The molecule has 1 aromatic carbocycles. The maximum absolute atomic E-state index is 12.8. The van der Waals surface area contributed by atoms with Crippen LogP contribution >= 0.6 is 0 Å². The lowest BCUT2D eigenvalue weighted by molar-refractivity contribution is -0.138. The molecule has 4 aliphatic carbocycles. The zero-order chi connectivity index (χ0) is 29.6. The third kappa shape index (κ3) is 5.65. The van der Waals surface area contributed by atoms with Gasteiger partial charge in [-0.05, 0) is 122 Å². The van der Waals surface area contributed by atoms with Crippen LogP contribution in [-0.2, 0) is 10.0 Å². The number of sulfonamides is 1. The molecule has 0 spiro atoms. The van der Waals surface area contributed by atoms with Crippen LogP contribution in [0.2, 0.25) is 0 Å². The Labute approximate surface area is 249 Å². The van der Waals surface area contributed by atoms with Crippen LogP contribution in [0.15, 0.2) is 29.2 Å². The molecule has 2 N–H and O–H groups in total. The fraction of sp³-hybridized carbons (Fsp3) is 0.794. The number of benzene rings is 1. The van der Waals surface area contributed by atoms with Crippen molar-refractivity contribution in [1.82, 2.24) is 10.0 Å². The van der Waals surface area contributed by atoms with Gasteiger partial charge in [-0.1, -0.05) is 53.0 Å². The van der Waals surface area contributed by atoms with Gasteiger partial charge in [0.15, 0.2) is 0 Å². The van der Waals surface area contributed by atoms with Crippen LogP contribution in [0, 0.1) is 52.3 Å². The SMILES string of the molecule is CC[C@H]1C[C@H]2C3CCC([C@H](C)CCNC(=O)NS(=O)(=O)c4cccc(N(C)C)c4)[C@@]3(C)CC[C@@H]2[C@@]2(C)CCCC[C@@H]12. The molecular formula is C34H55N3O3S. The summed E-state index contributed by atoms with van der Waals surface area (Å²) in [6.07, 6.45) is 14.9. The highest BCUT2D eigenvalue weighted by Crippen LogP contribution is 2.69. The molecule has 2 amide bonds. The van der Waals surface area contributed by atoms with E-state index in [9.17, 15) is 13.2 Å². The molecule has 2 unspecified atom stereocenters. The lowest BCUT2D eigenvalue weighted by Gasteiger charge is -2.63. The monoisotopic (exact) mass is 585 g/mol. The number of carbonyl (C=O) groups excluding carboxylic acids is 1. The number of urea groups is 1. The van der Waals surface area contributed by atoms with E-state index in [0.29, 0.717) is 29.2 Å². The Bertz CT molecular complexity index is 1200. The molecule has 4 fully saturated rings. The normalized spacial score (nSPS) is 37.3. The van der Waals surface area contributed by atoms with Crippen LogP contribution < -0.4 is 14.9 Å². The zero-order valence-electron chi connectivity index (χ0n) is 26.4. The van der Waals surface area contributed by atoms with Crippen molar-refractivity contribution in [1.29, 1.82) is 0 Å². The fourth-order valence-corrected chi connectivity index (χ4v) is 11.7. The Morgan fingerprint density at radius 3 is 2.51 bits per heavy atom. The lowest BCUT2D eigenvalue weighted by atomic mass is 9.42. The molecule has 1 aromatic rings. The second-order valence-corrected chi connectivity index (χ2v) is 16.6. The van der Waals surface area contributed by atoms with Crippen LogP contribution in [0.5, 0.6) is 0 Å². The van der Waals surface area contributed by atoms with E-state index in [1.54, 1.807) is 12.1 Å². The van der Waals surface area contributed by atoms with Gasteiger partial charge in [-0.25, -0.2) is 17.9 Å². The van der Waals surface area contributed by atoms with Crippen molar-refractivity contribution in [2.75, 3.05) is 25.5 Å². The number of amides is 2. The molecule has 9 atom stereocenters. The van der Waals surface area contributed by atoms with E-state index in [2.05, 4.69) is 37.7 Å². The number of anilines is 1. The van der Waals surface area contributed by atoms with E-state index in [0.717, 1.165) is 41.7 Å². The van der Waals surface area contributed by atoms with Gasteiger partial charge in [0.25, 0.3) is 10.0 Å². The first kappa shape index (κ1) is 30.7. The average molecular weight is 586 g/mol. The molecule has 5 rings (SSSR count). The highest BCUT2D eigenvalue weighted by Gasteiger charge is 2.61. The van der Waals surface area contributed by atoms with E-state index < -0.39 is 16.1 Å². The van der Waals surface area contributed by atoms with Crippen molar-refractivity contribution in [3.8, 4) is 0 Å². The summed E-state index contributed by atoms with van der Waals surface area (Å²) in [6, 6.07) is 5.97. The minimum atomic E-state index is -3.93. The van der Waals surface area contributed by atoms with Crippen molar-refractivity contribution >= 4 is 21.7 Å². The molecule has 0 heterocycles. The highest BCUT2D eigenvalue weighted by atomic mass is 32.2. The van der Waals surface area contributed by atoms with Crippen molar-refractivity contribution in [2.45, 2.75) is 103 Å². The summed E-state index contributed by atoms with van der Waals surface area (Å²) in [7, 11) is -0.216. The summed E-state index contributed by atoms with van der Waals surface area (Å²) < 4.78 is 27.8. The number of hydrogen-bond donors (Lipinski definition) is 2. The number of carbonyl (C=O) groups is 1. The predicted octanol–water partition coefficient (Wildman–Crippen LogP) is 7.45. The van der Waals surface area contributed by atoms with Gasteiger partial charge < -0.3 is 10.2 Å². The van der Waals surface area contributed by atoms with Gasteiger partial charge in [0, 0.05) is 26.3 Å². The van der Waals surface area contributed by atoms with E-state index in [1.807, 2.05) is 25.1 Å². The van der Waals surface area contributed by atoms with Gasteiger partial charge in [-0.2, -0.15) is 0 Å². The van der Waals surface area contributed by atoms with E-state index in [-0.39, 0.29) is 4.90 Å². The molecule has 4 aliphatic rings. The van der Waals surface area contributed by atoms with Crippen LogP contribution in [0.4, 0.5) is 10.5 Å². The Morgan fingerprint density at radius 2 is 1.78 bits per heavy atom. The van der Waals surface area contributed by atoms with Crippen molar-refractivity contribution < 1.29 is 13.2 Å². The number of rotatable bonds is 8. The van der Waals surface area contributed by atoms with E-state index >= 15 is 0 Å². The first-order valence-electron chi connectivity index (χ1n) is 16.5. The fourth-order valence-electron chi connectivity index (χ4n) is 10.8. The highest BCUT2D eigenvalue weighted by molar-refractivity contribution is 7.90. The molecular weight excluding hydrogens is 530 g/mol. The molecule has 6 nitrogen and oxygen atoms in total. The van der Waals surface area contributed by atoms with Crippen LogP contribution in [0.1, 0.15) is 98.3 Å². The molecule has 0 bridgehead atoms. The number of fused-ring (bicyclic) bond motifs is 5. The summed E-state index contributed by atoms with van der Waals surface area (Å²) in [5.74, 6) is 5.66. The Hall–Kier alpha value is -1.76. The zero-order valence-corrected chi connectivity index (χ0v) is 27.2. The topological polar surface area (TPSA) is 78.5 Å². The van der Waals surface area contributed by atoms with Gasteiger partial charge in [0.1, 0.15) is 0 Å². The first-order chi connectivity index (χ1) is 19.4. The standard InChI is InChI=1S/C34H55N3O3S/c1-7-24-21-27-30-15-14-28(34(30,4)19-16-31(27)33(3)18-9-8-13-29(24)33)23(2)17-20-35-32(38)36-41(39,40)26-12-10-11-25(22-26)37(5)6/h10-12,22-24,27-31H,7-9,13-21H2,1-6H3,(H2,35,36,38)/t23-,24+,27+,28?,29+,30?,31+,33+,34-/m1/s1. The maximum Gasteiger partial charge on any atom is 0.328 e. The smallest absolute Gasteiger partial charge is 0.328 e. The maximum atomic E-state index is 12.8. The van der Waals surface area contributed by atoms with E-state index in [1.165, 1.54) is 70.3 Å². The molecule has 7 heteroatoms. The van der Waals surface area contributed by atoms with Gasteiger partial charge >= 0.3 is 6.03 Å². The Morgan fingerprint density at radius 1 is 1.02 bits per heavy atom. The summed E-state index contributed by atoms with van der Waals surface area (Å²) >= 11 is 0. The van der Waals surface area contributed by atoms with Crippen LogP contribution in [0.25, 0.3) is 0 Å². The second-order valence-electron chi connectivity index (χ2n) is 14.9. The average Bonchev–Trinajstić information content (AvgIpc) is 3.29. The summed E-state index contributed by atoms with van der Waals surface area (Å²) in [4.78, 5) is 14.5. The summed E-state index contributed by atoms with van der Waals surface area (Å²) in [5, 5.41) is 2.84. The predicted molar refractivity (Wildman–Crippen MR) is 167 cm³/mol. The molecule has 230 valence electrons. The van der Waals surface area contributed by atoms with E-state index in [4.69, 9.17) is 0 Å². The van der Waals surface area contributed by atoms with Crippen molar-refractivity contribution in [3.63, 3.8) is 0 Å². The minimum Gasteiger partial charge on any atom is -0.378 e. The number of hydrogen-bond acceptors (Lipinski definition) is 4.